The molecule has 0 spiro atoms. The fraction of sp³-hybridized carbons (Fsp3) is 0.125. The summed E-state index contributed by atoms with van der Waals surface area (Å²) in [5.74, 6) is -1.61. The molecule has 62 valence electrons. The Morgan fingerprint density at radius 3 is 2.58 bits per heavy atom. The summed E-state index contributed by atoms with van der Waals surface area (Å²) in [6.45, 7) is 0. The van der Waals surface area contributed by atoms with E-state index in [2.05, 4.69) is 0 Å². The van der Waals surface area contributed by atoms with E-state index in [1.165, 1.54) is 0 Å². The Morgan fingerprint density at radius 2 is 2.00 bits per heavy atom. The van der Waals surface area contributed by atoms with Gasteiger partial charge in [-0.05, 0) is 12.2 Å². The van der Waals surface area contributed by atoms with Gasteiger partial charge in [0.05, 0.1) is 11.5 Å². The van der Waals surface area contributed by atoms with E-state index in [1.54, 1.807) is 0 Å². The third-order valence-electron chi connectivity index (χ3n) is 1.37. The number of hydrogen-bond donors (Lipinski definition) is 0. The second-order valence-corrected chi connectivity index (χ2v) is 2.48. The van der Waals surface area contributed by atoms with E-state index in [0.717, 1.165) is 18.2 Å². The largest absolute Gasteiger partial charge is 0.293 e. The minimum absolute atomic E-state index is 0.127. The number of halogens is 1. The molecule has 1 rings (SSSR count). The molecule has 1 aliphatic carbocycles. The third-order valence-corrected chi connectivity index (χ3v) is 1.62. The van der Waals surface area contributed by atoms with Gasteiger partial charge in [-0.15, -0.1) is 11.6 Å². The molecule has 0 aromatic heterocycles. The maximum absolute atomic E-state index is 11.0. The summed E-state index contributed by atoms with van der Waals surface area (Å²) in [7, 11) is 0. The second-order valence-electron chi connectivity index (χ2n) is 2.21. The lowest BCUT2D eigenvalue weighted by Gasteiger charge is -2.01. The molecule has 3 nitrogen and oxygen atoms in total. The van der Waals surface area contributed by atoms with Gasteiger partial charge in [0, 0.05) is 6.08 Å². The van der Waals surface area contributed by atoms with Crippen molar-refractivity contribution in [1.29, 1.82) is 0 Å². The molecular weight excluding hydrogens is 180 g/mol. The molecule has 0 radical (unpaired) electrons. The number of allylic oxidation sites excluding steroid dienone is 4. The molecule has 0 heterocycles. The minimum atomic E-state index is -0.514. The van der Waals surface area contributed by atoms with Gasteiger partial charge in [-0.3, -0.25) is 14.4 Å². The molecule has 1 aliphatic rings. The zero-order valence-electron chi connectivity index (χ0n) is 6.04. The van der Waals surface area contributed by atoms with Gasteiger partial charge in [-0.1, -0.05) is 0 Å². The third kappa shape index (κ3) is 1.68. The van der Waals surface area contributed by atoms with Crippen LogP contribution in [0, 0.1) is 0 Å². The van der Waals surface area contributed by atoms with Gasteiger partial charge in [0.2, 0.25) is 0 Å². The van der Waals surface area contributed by atoms with Crippen molar-refractivity contribution in [1.82, 2.24) is 0 Å². The number of ketones is 3. The van der Waals surface area contributed by atoms with Crippen LogP contribution in [0.2, 0.25) is 0 Å². The van der Waals surface area contributed by atoms with E-state index >= 15 is 0 Å². The normalized spacial score (nSPS) is 16.2. The molecule has 0 saturated carbocycles. The lowest BCUT2D eigenvalue weighted by molar-refractivity contribution is -0.119. The van der Waals surface area contributed by atoms with Gasteiger partial charge >= 0.3 is 0 Å². The number of hydrogen-bond acceptors (Lipinski definition) is 3. The molecule has 0 saturated heterocycles. The number of rotatable bonds is 2. The van der Waals surface area contributed by atoms with Gasteiger partial charge in [0.15, 0.2) is 17.3 Å². The highest BCUT2D eigenvalue weighted by Gasteiger charge is 2.18. The first-order chi connectivity index (χ1) is 5.65. The van der Waals surface area contributed by atoms with E-state index in [-0.39, 0.29) is 17.2 Å². The van der Waals surface area contributed by atoms with Crippen LogP contribution in [0.25, 0.3) is 0 Å². The Hall–Kier alpha value is -1.22. The average molecular weight is 185 g/mol. The van der Waals surface area contributed by atoms with Crippen molar-refractivity contribution < 1.29 is 14.4 Å². The molecule has 0 aliphatic heterocycles. The van der Waals surface area contributed by atoms with Crippen molar-refractivity contribution in [2.24, 2.45) is 0 Å². The number of Topliss-reactive ketones (excluding diaryl/α,β-unsaturated/α-hetero) is 1. The molecule has 0 unspecified atom stereocenters. The summed E-state index contributed by atoms with van der Waals surface area (Å²) < 4.78 is 0. The Balaban J connectivity index is 2.96. The smallest absolute Gasteiger partial charge is 0.189 e. The summed E-state index contributed by atoms with van der Waals surface area (Å²) in [5.41, 5.74) is -0.127. The highest BCUT2D eigenvalue weighted by molar-refractivity contribution is 6.39. The quantitative estimate of drug-likeness (QED) is 0.355. The van der Waals surface area contributed by atoms with Crippen LogP contribution in [0.15, 0.2) is 23.8 Å². The van der Waals surface area contributed by atoms with E-state index in [1.807, 2.05) is 0 Å². The van der Waals surface area contributed by atoms with Crippen LogP contribution in [0.1, 0.15) is 0 Å². The zero-order chi connectivity index (χ0) is 9.14. The molecule has 0 N–H and O–H groups in total. The molecule has 0 fully saturated rings. The Morgan fingerprint density at radius 1 is 1.33 bits per heavy atom. The first-order valence-electron chi connectivity index (χ1n) is 3.22. The van der Waals surface area contributed by atoms with Crippen molar-refractivity contribution in [2.75, 3.05) is 5.88 Å². The number of carbonyl (C=O) groups is 3. The van der Waals surface area contributed by atoms with Crippen molar-refractivity contribution in [2.45, 2.75) is 0 Å². The monoisotopic (exact) mass is 184 g/mol. The number of alkyl halides is 1. The highest BCUT2D eigenvalue weighted by atomic mass is 35.5. The SMILES string of the molecule is O=C1C=CC(=O)C(C(=O)CCl)=C1. The molecule has 4 heteroatoms. The van der Waals surface area contributed by atoms with Crippen LogP contribution < -0.4 is 0 Å². The maximum Gasteiger partial charge on any atom is 0.189 e. The fourth-order valence-electron chi connectivity index (χ4n) is 0.799. The predicted octanol–water partition coefficient (Wildman–Crippen LogP) is 0.429. The molecule has 0 atom stereocenters. The van der Waals surface area contributed by atoms with Crippen LogP contribution >= 0.6 is 11.6 Å². The van der Waals surface area contributed by atoms with Crippen molar-refractivity contribution >= 4 is 29.0 Å². The van der Waals surface area contributed by atoms with Crippen LogP contribution in [0.3, 0.4) is 0 Å². The molecular formula is C8H5ClO3. The van der Waals surface area contributed by atoms with E-state index in [0.29, 0.717) is 0 Å². The van der Waals surface area contributed by atoms with Crippen LogP contribution in [0.5, 0.6) is 0 Å². The first-order valence-corrected chi connectivity index (χ1v) is 3.76. The molecule has 0 bridgehead atoms. The topological polar surface area (TPSA) is 51.2 Å². The van der Waals surface area contributed by atoms with Gasteiger partial charge in [0.1, 0.15) is 0 Å². The number of carbonyl (C=O) groups excluding carboxylic acids is 3. The van der Waals surface area contributed by atoms with Gasteiger partial charge in [-0.2, -0.15) is 0 Å². The average Bonchev–Trinajstić information content (AvgIpc) is 2.08. The van der Waals surface area contributed by atoms with Crippen molar-refractivity contribution in [3.05, 3.63) is 23.8 Å². The van der Waals surface area contributed by atoms with Crippen molar-refractivity contribution in [3.63, 3.8) is 0 Å². The van der Waals surface area contributed by atoms with Gasteiger partial charge < -0.3 is 0 Å². The summed E-state index contributed by atoms with van der Waals surface area (Å²) in [4.78, 5) is 32.6. The Labute approximate surface area is 73.7 Å². The first kappa shape index (κ1) is 8.87. The second kappa shape index (κ2) is 3.45. The summed E-state index contributed by atoms with van der Waals surface area (Å²) in [6, 6.07) is 0. The summed E-state index contributed by atoms with van der Waals surface area (Å²) in [6.07, 6.45) is 3.20. The van der Waals surface area contributed by atoms with E-state index in [9.17, 15) is 14.4 Å². The van der Waals surface area contributed by atoms with Crippen LogP contribution in [0.4, 0.5) is 0 Å². The van der Waals surface area contributed by atoms with Gasteiger partial charge in [-0.25, -0.2) is 0 Å². The van der Waals surface area contributed by atoms with E-state index in [4.69, 9.17) is 11.6 Å². The molecule has 0 aromatic carbocycles. The minimum Gasteiger partial charge on any atom is -0.293 e. The summed E-state index contributed by atoms with van der Waals surface area (Å²) in [5, 5.41) is 0. The molecule has 0 aromatic rings. The van der Waals surface area contributed by atoms with E-state index < -0.39 is 11.6 Å². The lowest BCUT2D eigenvalue weighted by atomic mass is 10.0. The molecule has 12 heavy (non-hydrogen) atoms. The van der Waals surface area contributed by atoms with Crippen molar-refractivity contribution in [3.8, 4) is 0 Å². The molecule has 0 amide bonds. The highest BCUT2D eigenvalue weighted by Crippen LogP contribution is 2.07. The Kier molecular flexibility index (Phi) is 2.55. The maximum atomic E-state index is 11.0. The van der Waals surface area contributed by atoms with Crippen LogP contribution in [-0.4, -0.2) is 23.2 Å². The summed E-state index contributed by atoms with van der Waals surface area (Å²) >= 11 is 5.22. The predicted molar refractivity (Wildman–Crippen MR) is 43.0 cm³/mol. The fourth-order valence-corrected chi connectivity index (χ4v) is 0.943. The zero-order valence-corrected chi connectivity index (χ0v) is 6.80. The standard InChI is InChI=1S/C8H5ClO3/c9-4-8(12)6-3-5(10)1-2-7(6)11/h1-3H,4H2. The Bertz CT molecular complexity index is 312. The van der Waals surface area contributed by atoms with Crippen LogP contribution in [-0.2, 0) is 14.4 Å². The van der Waals surface area contributed by atoms with Gasteiger partial charge in [0.25, 0.3) is 0 Å². The lowest BCUT2D eigenvalue weighted by Crippen LogP contribution is -2.16.